The van der Waals surface area contributed by atoms with E-state index in [-0.39, 0.29) is 5.95 Å². The van der Waals surface area contributed by atoms with Crippen molar-refractivity contribution in [3.8, 4) is 0 Å². The summed E-state index contributed by atoms with van der Waals surface area (Å²) in [4.78, 5) is 8.32. The minimum absolute atomic E-state index is 0.256. The predicted molar refractivity (Wildman–Crippen MR) is 79.8 cm³/mol. The molecule has 0 unspecified atom stereocenters. The fourth-order valence-electron chi connectivity index (χ4n) is 1.83. The first-order valence-electron chi connectivity index (χ1n) is 6.32. The van der Waals surface area contributed by atoms with Gasteiger partial charge < -0.3 is 16.4 Å². The monoisotopic (exact) mass is 257 g/mol. The zero-order valence-electron chi connectivity index (χ0n) is 11.5. The summed E-state index contributed by atoms with van der Waals surface area (Å²) in [6.07, 6.45) is 0. The van der Waals surface area contributed by atoms with Crippen molar-refractivity contribution < 1.29 is 0 Å². The van der Waals surface area contributed by atoms with E-state index >= 15 is 0 Å². The van der Waals surface area contributed by atoms with Crippen molar-refractivity contribution in [1.82, 2.24) is 9.97 Å². The molecule has 100 valence electrons. The van der Waals surface area contributed by atoms with Crippen LogP contribution >= 0.6 is 0 Å². The van der Waals surface area contributed by atoms with Gasteiger partial charge in [0.15, 0.2) is 0 Å². The molecule has 2 aromatic rings. The predicted octanol–water partition coefficient (Wildman–Crippen LogP) is 2.85. The molecule has 0 atom stereocenters. The molecule has 5 nitrogen and oxygen atoms in total. The lowest BCUT2D eigenvalue weighted by Crippen LogP contribution is -2.06. The zero-order valence-corrected chi connectivity index (χ0v) is 11.5. The molecule has 0 aliphatic heterocycles. The summed E-state index contributed by atoms with van der Waals surface area (Å²) in [7, 11) is 0. The lowest BCUT2D eigenvalue weighted by molar-refractivity contribution is 1.12. The second kappa shape index (κ2) is 5.56. The summed E-state index contributed by atoms with van der Waals surface area (Å²) in [6, 6.07) is 7.97. The van der Waals surface area contributed by atoms with Gasteiger partial charge in [-0.2, -0.15) is 9.97 Å². The minimum atomic E-state index is 0.256. The minimum Gasteiger partial charge on any atom is -0.370 e. The van der Waals surface area contributed by atoms with Crippen LogP contribution in [0.25, 0.3) is 0 Å². The summed E-state index contributed by atoms with van der Waals surface area (Å²) < 4.78 is 0. The number of hydrogen-bond acceptors (Lipinski definition) is 5. The molecule has 0 aliphatic carbocycles. The maximum Gasteiger partial charge on any atom is 0.223 e. The van der Waals surface area contributed by atoms with Gasteiger partial charge in [0.05, 0.1) is 0 Å². The fourth-order valence-corrected chi connectivity index (χ4v) is 1.83. The Morgan fingerprint density at radius 2 is 1.89 bits per heavy atom. The van der Waals surface area contributed by atoms with E-state index in [2.05, 4.69) is 40.5 Å². The van der Waals surface area contributed by atoms with Gasteiger partial charge in [0.2, 0.25) is 5.95 Å². The van der Waals surface area contributed by atoms with Gasteiger partial charge in [-0.3, -0.25) is 0 Å². The highest BCUT2D eigenvalue weighted by atomic mass is 15.1. The number of anilines is 4. The van der Waals surface area contributed by atoms with Crippen LogP contribution in [0.4, 0.5) is 23.3 Å². The molecule has 19 heavy (non-hydrogen) atoms. The second-order valence-corrected chi connectivity index (χ2v) is 4.40. The van der Waals surface area contributed by atoms with Gasteiger partial charge in [0.1, 0.15) is 11.6 Å². The molecular weight excluding hydrogens is 238 g/mol. The maximum absolute atomic E-state index is 5.71. The third kappa shape index (κ3) is 3.13. The van der Waals surface area contributed by atoms with Crippen LogP contribution < -0.4 is 16.4 Å². The highest BCUT2D eigenvalue weighted by Crippen LogP contribution is 2.23. The Labute approximate surface area is 113 Å². The van der Waals surface area contributed by atoms with Crippen LogP contribution in [-0.4, -0.2) is 16.5 Å². The summed E-state index contributed by atoms with van der Waals surface area (Å²) in [6.45, 7) is 6.96. The number of nitrogens with zero attached hydrogens (tertiary/aromatic N) is 2. The summed E-state index contributed by atoms with van der Waals surface area (Å²) in [5, 5.41) is 6.41. The van der Waals surface area contributed by atoms with Crippen molar-refractivity contribution >= 4 is 23.3 Å². The van der Waals surface area contributed by atoms with E-state index in [0.29, 0.717) is 5.82 Å². The van der Waals surface area contributed by atoms with Gasteiger partial charge in [-0.25, -0.2) is 0 Å². The van der Waals surface area contributed by atoms with E-state index < -0.39 is 0 Å². The van der Waals surface area contributed by atoms with E-state index in [1.54, 1.807) is 0 Å². The number of aryl methyl sites for hydroxylation is 1. The Morgan fingerprint density at radius 3 is 2.63 bits per heavy atom. The summed E-state index contributed by atoms with van der Waals surface area (Å²) in [5.41, 5.74) is 9.17. The van der Waals surface area contributed by atoms with Crippen molar-refractivity contribution in [1.29, 1.82) is 0 Å². The van der Waals surface area contributed by atoms with E-state index in [9.17, 15) is 0 Å². The van der Waals surface area contributed by atoms with Crippen LogP contribution in [-0.2, 0) is 0 Å². The van der Waals surface area contributed by atoms with Gasteiger partial charge in [-0.05, 0) is 38.0 Å². The lowest BCUT2D eigenvalue weighted by atomic mass is 10.1. The normalized spacial score (nSPS) is 10.3. The Kier molecular flexibility index (Phi) is 3.85. The van der Waals surface area contributed by atoms with Gasteiger partial charge in [0, 0.05) is 18.3 Å². The molecule has 5 heteroatoms. The van der Waals surface area contributed by atoms with Crippen LogP contribution in [0.1, 0.15) is 18.1 Å². The summed E-state index contributed by atoms with van der Waals surface area (Å²) >= 11 is 0. The van der Waals surface area contributed by atoms with Crippen molar-refractivity contribution in [2.45, 2.75) is 20.8 Å². The number of aromatic nitrogens is 2. The third-order valence-electron chi connectivity index (χ3n) is 2.97. The Balaban J connectivity index is 2.30. The number of nitrogen functional groups attached to an aromatic ring is 1. The number of benzene rings is 1. The third-order valence-corrected chi connectivity index (χ3v) is 2.97. The molecule has 0 saturated carbocycles. The van der Waals surface area contributed by atoms with Gasteiger partial charge in [-0.15, -0.1) is 0 Å². The van der Waals surface area contributed by atoms with Crippen LogP contribution in [0.15, 0.2) is 24.3 Å². The maximum atomic E-state index is 5.71. The molecule has 0 amide bonds. The molecule has 4 N–H and O–H groups in total. The smallest absolute Gasteiger partial charge is 0.223 e. The van der Waals surface area contributed by atoms with Crippen molar-refractivity contribution in [2.24, 2.45) is 0 Å². The lowest BCUT2D eigenvalue weighted by Gasteiger charge is -2.12. The van der Waals surface area contributed by atoms with Gasteiger partial charge in [-0.1, -0.05) is 12.1 Å². The van der Waals surface area contributed by atoms with Crippen molar-refractivity contribution in [2.75, 3.05) is 22.9 Å². The van der Waals surface area contributed by atoms with Gasteiger partial charge >= 0.3 is 0 Å². The molecule has 2 rings (SSSR count). The van der Waals surface area contributed by atoms with Crippen LogP contribution in [0.2, 0.25) is 0 Å². The fraction of sp³-hybridized carbons (Fsp3) is 0.286. The number of nitrogens with one attached hydrogen (secondary N) is 2. The SMILES string of the molecule is CCNc1cc(Nc2cccc(C)c2C)nc(N)n1. The van der Waals surface area contributed by atoms with Crippen LogP contribution in [0.5, 0.6) is 0 Å². The summed E-state index contributed by atoms with van der Waals surface area (Å²) in [5.74, 6) is 1.67. The first-order chi connectivity index (χ1) is 9.10. The first-order valence-corrected chi connectivity index (χ1v) is 6.32. The second-order valence-electron chi connectivity index (χ2n) is 4.40. The average molecular weight is 257 g/mol. The molecular formula is C14H19N5. The molecule has 0 aliphatic rings. The molecule has 1 heterocycles. The van der Waals surface area contributed by atoms with Crippen LogP contribution in [0, 0.1) is 13.8 Å². The van der Waals surface area contributed by atoms with Crippen LogP contribution in [0.3, 0.4) is 0 Å². The average Bonchev–Trinajstić information content (AvgIpc) is 2.35. The first kappa shape index (κ1) is 13.1. The Bertz CT molecular complexity index is 580. The number of hydrogen-bond donors (Lipinski definition) is 3. The Hall–Kier alpha value is -2.30. The number of nitrogens with two attached hydrogens (primary N) is 1. The van der Waals surface area contributed by atoms with E-state index in [1.807, 2.05) is 25.1 Å². The Morgan fingerprint density at radius 1 is 1.16 bits per heavy atom. The molecule has 0 spiro atoms. The topological polar surface area (TPSA) is 75.9 Å². The molecule has 0 bridgehead atoms. The van der Waals surface area contributed by atoms with Crippen molar-refractivity contribution in [3.05, 3.63) is 35.4 Å². The van der Waals surface area contributed by atoms with E-state index in [4.69, 9.17) is 5.73 Å². The standard InChI is InChI=1S/C14H19N5/c1-4-16-12-8-13(19-14(15)18-12)17-11-7-5-6-9(2)10(11)3/h5-8H,4H2,1-3H3,(H4,15,16,17,18,19). The molecule has 1 aromatic carbocycles. The molecule has 0 radical (unpaired) electrons. The molecule has 1 aromatic heterocycles. The highest BCUT2D eigenvalue weighted by molar-refractivity contribution is 5.64. The van der Waals surface area contributed by atoms with E-state index in [1.165, 1.54) is 11.1 Å². The largest absolute Gasteiger partial charge is 0.370 e. The molecule has 0 saturated heterocycles. The quantitative estimate of drug-likeness (QED) is 0.785. The van der Waals surface area contributed by atoms with Crippen molar-refractivity contribution in [3.63, 3.8) is 0 Å². The zero-order chi connectivity index (χ0) is 13.8. The van der Waals surface area contributed by atoms with E-state index in [0.717, 1.165) is 18.1 Å². The highest BCUT2D eigenvalue weighted by Gasteiger charge is 2.05. The number of rotatable bonds is 4. The molecule has 0 fully saturated rings. The van der Waals surface area contributed by atoms with Gasteiger partial charge in [0.25, 0.3) is 0 Å².